The lowest BCUT2D eigenvalue weighted by atomic mass is 10.2. The van der Waals surface area contributed by atoms with E-state index in [0.717, 1.165) is 0 Å². The van der Waals surface area contributed by atoms with E-state index in [0.29, 0.717) is 17.9 Å². The molecule has 0 atom stereocenters. The van der Waals surface area contributed by atoms with Crippen LogP contribution in [0.2, 0.25) is 0 Å². The number of aromatic nitrogens is 1. The second-order valence-corrected chi connectivity index (χ2v) is 4.76. The molecule has 0 aliphatic heterocycles. The van der Waals surface area contributed by atoms with Crippen molar-refractivity contribution < 1.29 is 23.5 Å². The number of ketones is 1. The number of likely N-dealkylation sites (N-methyl/N-ethyl adjacent to an activating group) is 1. The third kappa shape index (κ3) is 3.85. The molecule has 1 N–H and O–H groups in total. The van der Waals surface area contributed by atoms with Gasteiger partial charge in [0.1, 0.15) is 11.5 Å². The van der Waals surface area contributed by atoms with Gasteiger partial charge in [0.2, 0.25) is 0 Å². The highest BCUT2D eigenvalue weighted by atomic mass is 16.5. The molecule has 0 aliphatic rings. The summed E-state index contributed by atoms with van der Waals surface area (Å²) < 4.78 is 10.1. The van der Waals surface area contributed by atoms with Crippen LogP contribution in [0, 0.1) is 0 Å². The summed E-state index contributed by atoms with van der Waals surface area (Å²) in [5.41, 5.74) is 0.514. The molecule has 2 aromatic heterocycles. The highest BCUT2D eigenvalue weighted by molar-refractivity contribution is 5.97. The number of rotatable bonds is 6. The van der Waals surface area contributed by atoms with Crippen molar-refractivity contribution in [1.82, 2.24) is 9.88 Å². The summed E-state index contributed by atoms with van der Waals surface area (Å²) in [4.78, 5) is 38.8. The van der Waals surface area contributed by atoms with Crippen molar-refractivity contribution in [2.75, 3.05) is 13.7 Å². The smallest absolute Gasteiger partial charge is 0.355 e. The van der Waals surface area contributed by atoms with Crippen molar-refractivity contribution in [3.63, 3.8) is 0 Å². The molecule has 0 spiro atoms. The second kappa shape index (κ2) is 6.75. The zero-order chi connectivity index (χ0) is 16.1. The Morgan fingerprint density at radius 3 is 2.73 bits per heavy atom. The van der Waals surface area contributed by atoms with E-state index in [1.807, 2.05) is 0 Å². The number of hydrogen-bond donors (Lipinski definition) is 1. The van der Waals surface area contributed by atoms with Crippen LogP contribution in [0.15, 0.2) is 35.1 Å². The van der Waals surface area contributed by atoms with E-state index in [4.69, 9.17) is 9.15 Å². The number of Topliss-reactive ketones (excluding diaryl/α,β-unsaturated/α-hetero) is 1. The van der Waals surface area contributed by atoms with Crippen LogP contribution < -0.4 is 0 Å². The summed E-state index contributed by atoms with van der Waals surface area (Å²) in [6.45, 7) is 1.30. The monoisotopic (exact) mass is 304 g/mol. The lowest BCUT2D eigenvalue weighted by Gasteiger charge is -2.15. The largest absolute Gasteiger partial charge is 0.467 e. The van der Waals surface area contributed by atoms with Crippen LogP contribution in [0.4, 0.5) is 0 Å². The highest BCUT2D eigenvalue weighted by Gasteiger charge is 2.16. The molecule has 116 valence electrons. The third-order valence-corrected chi connectivity index (χ3v) is 3.04. The average molecular weight is 304 g/mol. The van der Waals surface area contributed by atoms with Gasteiger partial charge in [-0.3, -0.25) is 9.59 Å². The number of amides is 1. The molecule has 0 saturated heterocycles. The Bertz CT molecular complexity index is 672. The minimum absolute atomic E-state index is 0.131. The summed E-state index contributed by atoms with van der Waals surface area (Å²) in [6, 6.07) is 4.87. The van der Waals surface area contributed by atoms with Crippen LogP contribution in [0.5, 0.6) is 0 Å². The number of nitrogens with zero attached hydrogens (tertiary/aromatic N) is 1. The summed E-state index contributed by atoms with van der Waals surface area (Å²) >= 11 is 0. The Balaban J connectivity index is 1.84. The molecule has 2 aromatic rings. The summed E-state index contributed by atoms with van der Waals surface area (Å²) in [7, 11) is 1.58. The van der Waals surface area contributed by atoms with Gasteiger partial charge in [-0.1, -0.05) is 0 Å². The molecule has 0 aliphatic carbocycles. The fourth-order valence-electron chi connectivity index (χ4n) is 1.76. The number of H-pyrrole nitrogens is 1. The Hall–Kier alpha value is -2.83. The minimum Gasteiger partial charge on any atom is -0.467 e. The van der Waals surface area contributed by atoms with E-state index in [2.05, 4.69) is 4.98 Å². The predicted molar refractivity (Wildman–Crippen MR) is 76.3 cm³/mol. The lowest BCUT2D eigenvalue weighted by Crippen LogP contribution is -2.30. The Labute approximate surface area is 126 Å². The molecule has 0 radical (unpaired) electrons. The number of esters is 1. The number of hydrogen-bond acceptors (Lipinski definition) is 5. The molecule has 1 amide bonds. The van der Waals surface area contributed by atoms with E-state index < -0.39 is 5.97 Å². The van der Waals surface area contributed by atoms with Crippen molar-refractivity contribution in [2.45, 2.75) is 13.5 Å². The second-order valence-electron chi connectivity index (χ2n) is 4.76. The van der Waals surface area contributed by atoms with Crippen LogP contribution in [-0.4, -0.2) is 41.2 Å². The zero-order valence-corrected chi connectivity index (χ0v) is 12.3. The Morgan fingerprint density at radius 2 is 2.14 bits per heavy atom. The normalized spacial score (nSPS) is 10.3. The minimum atomic E-state index is -0.688. The topological polar surface area (TPSA) is 92.6 Å². The number of nitrogens with one attached hydrogen (secondary N) is 1. The molecule has 22 heavy (non-hydrogen) atoms. The van der Waals surface area contributed by atoms with Crippen molar-refractivity contribution in [2.24, 2.45) is 0 Å². The van der Waals surface area contributed by atoms with Crippen molar-refractivity contribution in [1.29, 1.82) is 0 Å². The lowest BCUT2D eigenvalue weighted by molar-refractivity contribution is -0.134. The summed E-state index contributed by atoms with van der Waals surface area (Å²) in [5, 5.41) is 0. The third-order valence-electron chi connectivity index (χ3n) is 3.04. The van der Waals surface area contributed by atoms with Crippen LogP contribution in [0.3, 0.4) is 0 Å². The van der Waals surface area contributed by atoms with E-state index in [9.17, 15) is 14.4 Å². The summed E-state index contributed by atoms with van der Waals surface area (Å²) in [6.07, 6.45) is 2.94. The summed E-state index contributed by atoms with van der Waals surface area (Å²) in [5.74, 6) is -0.572. The molecule has 2 heterocycles. The van der Waals surface area contributed by atoms with Crippen LogP contribution in [-0.2, 0) is 16.1 Å². The molecule has 0 aromatic carbocycles. The quantitative estimate of drug-likeness (QED) is 0.646. The molecular weight excluding hydrogens is 288 g/mol. The first-order valence-corrected chi connectivity index (χ1v) is 6.60. The molecule has 0 bridgehead atoms. The van der Waals surface area contributed by atoms with E-state index in [1.165, 1.54) is 30.4 Å². The molecule has 7 heteroatoms. The van der Waals surface area contributed by atoms with Gasteiger partial charge in [0.15, 0.2) is 12.4 Å². The maximum atomic E-state index is 11.9. The molecule has 2 rings (SSSR count). The van der Waals surface area contributed by atoms with E-state index in [-0.39, 0.29) is 24.0 Å². The van der Waals surface area contributed by atoms with Gasteiger partial charge in [-0.25, -0.2) is 4.79 Å². The SMILES string of the molecule is CC(=O)c1c[nH]c(C(=O)OCC(=O)N(C)Cc2ccco2)c1. The molecule has 0 saturated carbocycles. The van der Waals surface area contributed by atoms with Crippen molar-refractivity contribution in [3.05, 3.63) is 47.7 Å². The molecule has 0 unspecified atom stereocenters. The van der Waals surface area contributed by atoms with Gasteiger partial charge >= 0.3 is 5.97 Å². The number of ether oxygens (including phenoxy) is 1. The predicted octanol–water partition coefficient (Wildman–Crippen LogP) is 1.63. The molecule has 7 nitrogen and oxygen atoms in total. The molecular formula is C15H16N2O5. The van der Waals surface area contributed by atoms with Crippen LogP contribution >= 0.6 is 0 Å². The number of carbonyl (C=O) groups is 3. The van der Waals surface area contributed by atoms with E-state index in [1.54, 1.807) is 19.2 Å². The van der Waals surface area contributed by atoms with Gasteiger partial charge in [-0.05, 0) is 25.1 Å². The first-order chi connectivity index (χ1) is 10.5. The van der Waals surface area contributed by atoms with Gasteiger partial charge in [-0.2, -0.15) is 0 Å². The first kappa shape index (κ1) is 15.6. The van der Waals surface area contributed by atoms with Gasteiger partial charge < -0.3 is 19.0 Å². The van der Waals surface area contributed by atoms with Crippen molar-refractivity contribution >= 4 is 17.7 Å². The van der Waals surface area contributed by atoms with E-state index >= 15 is 0 Å². The van der Waals surface area contributed by atoms with Crippen LogP contribution in [0.25, 0.3) is 0 Å². The van der Waals surface area contributed by atoms with Crippen LogP contribution in [0.1, 0.15) is 33.5 Å². The zero-order valence-electron chi connectivity index (χ0n) is 12.3. The average Bonchev–Trinajstić information content (AvgIpc) is 3.15. The maximum Gasteiger partial charge on any atom is 0.355 e. The van der Waals surface area contributed by atoms with Gasteiger partial charge in [0.05, 0.1) is 12.8 Å². The first-order valence-electron chi connectivity index (χ1n) is 6.60. The Kier molecular flexibility index (Phi) is 4.77. The number of furan rings is 1. The van der Waals surface area contributed by atoms with Crippen molar-refractivity contribution in [3.8, 4) is 0 Å². The fraction of sp³-hybridized carbons (Fsp3) is 0.267. The Morgan fingerprint density at radius 1 is 1.36 bits per heavy atom. The number of aromatic amines is 1. The maximum absolute atomic E-state index is 11.9. The van der Waals surface area contributed by atoms with Gasteiger partial charge in [0.25, 0.3) is 5.91 Å². The standard InChI is InChI=1S/C15H16N2O5/c1-10(18)11-6-13(16-7-11)15(20)22-9-14(19)17(2)8-12-4-3-5-21-12/h3-7,16H,8-9H2,1-2H3. The molecule has 0 fully saturated rings. The fourth-order valence-corrected chi connectivity index (χ4v) is 1.76. The highest BCUT2D eigenvalue weighted by Crippen LogP contribution is 2.07. The van der Waals surface area contributed by atoms with Gasteiger partial charge in [0, 0.05) is 18.8 Å². The number of carbonyl (C=O) groups excluding carboxylic acids is 3. The van der Waals surface area contributed by atoms with Gasteiger partial charge in [-0.15, -0.1) is 0 Å².